The molecule has 0 aromatic carbocycles. The van der Waals surface area contributed by atoms with Crippen LogP contribution >= 0.6 is 0 Å². The molecule has 0 saturated carbocycles. The Bertz CT molecular complexity index is 478. The Kier molecular flexibility index (Phi) is 3.24. The Hall–Kier alpha value is -1.29. The zero-order valence-electron chi connectivity index (χ0n) is 10.9. The fraction of sp³-hybridized carbons (Fsp3) is 0.615. The van der Waals surface area contributed by atoms with Gasteiger partial charge in [-0.3, -0.25) is 4.79 Å². The normalized spacial score (nSPS) is 17.8. The van der Waals surface area contributed by atoms with Crippen LogP contribution in [0, 0.1) is 0 Å². The van der Waals surface area contributed by atoms with Crippen molar-refractivity contribution in [3.8, 4) is 0 Å². The lowest BCUT2D eigenvalue weighted by molar-refractivity contribution is 0.300. The largest absolute Gasteiger partial charge is 0.394 e. The molecule has 4 heteroatoms. The molecule has 0 aliphatic carbocycles. The van der Waals surface area contributed by atoms with Crippen molar-refractivity contribution < 1.29 is 0 Å². The molecule has 0 spiro atoms. The maximum Gasteiger partial charge on any atom is 0.274 e. The quantitative estimate of drug-likeness (QED) is 0.842. The molecular formula is C13H21N3O. The fourth-order valence-electron chi connectivity index (χ4n) is 2.48. The summed E-state index contributed by atoms with van der Waals surface area (Å²) in [5.41, 5.74) is 8.56. The monoisotopic (exact) mass is 235 g/mol. The maximum atomic E-state index is 12.1. The molecule has 1 aromatic heterocycles. The van der Waals surface area contributed by atoms with Gasteiger partial charge in [0.1, 0.15) is 0 Å². The average Bonchev–Trinajstić information content (AvgIpc) is 2.30. The molecule has 1 unspecified atom stereocenters. The Labute approximate surface area is 102 Å². The highest BCUT2D eigenvalue weighted by atomic mass is 16.1. The van der Waals surface area contributed by atoms with Gasteiger partial charge in [-0.15, -0.1) is 0 Å². The number of likely N-dealkylation sites (N-methyl/N-ethyl adjacent to an activating group) is 1. The van der Waals surface area contributed by atoms with Crippen LogP contribution in [0.15, 0.2) is 10.9 Å². The predicted molar refractivity (Wildman–Crippen MR) is 70.2 cm³/mol. The van der Waals surface area contributed by atoms with Crippen LogP contribution in [0.5, 0.6) is 0 Å². The van der Waals surface area contributed by atoms with Crippen LogP contribution in [-0.2, 0) is 13.0 Å². The molecule has 0 fully saturated rings. The summed E-state index contributed by atoms with van der Waals surface area (Å²) in [6.07, 6.45) is 1.89. The zero-order valence-corrected chi connectivity index (χ0v) is 10.9. The van der Waals surface area contributed by atoms with E-state index in [1.165, 1.54) is 11.3 Å². The van der Waals surface area contributed by atoms with E-state index in [1.54, 1.807) is 0 Å². The van der Waals surface area contributed by atoms with Gasteiger partial charge in [-0.2, -0.15) is 0 Å². The number of nitrogens with two attached hydrogens (primary N) is 1. The molecule has 4 nitrogen and oxygen atoms in total. The van der Waals surface area contributed by atoms with Crippen LogP contribution in [-0.4, -0.2) is 23.1 Å². The molecule has 0 bridgehead atoms. The van der Waals surface area contributed by atoms with E-state index >= 15 is 0 Å². The zero-order chi connectivity index (χ0) is 12.6. The van der Waals surface area contributed by atoms with Gasteiger partial charge >= 0.3 is 0 Å². The van der Waals surface area contributed by atoms with E-state index in [1.807, 2.05) is 10.6 Å². The first-order chi connectivity index (χ1) is 8.04. The first-order valence-corrected chi connectivity index (χ1v) is 6.26. The van der Waals surface area contributed by atoms with Gasteiger partial charge in [0, 0.05) is 31.2 Å². The third-order valence-corrected chi connectivity index (χ3v) is 3.66. The lowest BCUT2D eigenvalue weighted by Crippen LogP contribution is -2.36. The van der Waals surface area contributed by atoms with Crippen LogP contribution in [0.1, 0.15) is 37.6 Å². The van der Waals surface area contributed by atoms with E-state index in [0.717, 1.165) is 25.9 Å². The lowest BCUT2D eigenvalue weighted by atomic mass is 10.0. The third kappa shape index (κ3) is 2.09. The summed E-state index contributed by atoms with van der Waals surface area (Å²) in [6, 6.07) is 2.08. The average molecular weight is 235 g/mol. The standard InChI is InChI=1S/C13H21N3O/c1-4-9(2)16-12-5-6-15(3)8-10(12)7-11(14)13(16)17/h7,9H,4-6,8,14H2,1-3H3. The summed E-state index contributed by atoms with van der Waals surface area (Å²) in [4.78, 5) is 14.4. The molecule has 17 heavy (non-hydrogen) atoms. The van der Waals surface area contributed by atoms with Crippen molar-refractivity contribution in [3.05, 3.63) is 27.7 Å². The van der Waals surface area contributed by atoms with Gasteiger partial charge in [0.05, 0.1) is 5.69 Å². The first kappa shape index (κ1) is 12.2. The SMILES string of the molecule is CCC(C)n1c2c(cc(N)c1=O)CN(C)CC2. The minimum absolute atomic E-state index is 0.0253. The second-order valence-corrected chi connectivity index (χ2v) is 4.99. The molecule has 0 radical (unpaired) electrons. The van der Waals surface area contributed by atoms with Crippen molar-refractivity contribution in [2.24, 2.45) is 0 Å². The number of pyridine rings is 1. The van der Waals surface area contributed by atoms with Crippen LogP contribution in [0.2, 0.25) is 0 Å². The molecular weight excluding hydrogens is 214 g/mol. The number of hydrogen-bond donors (Lipinski definition) is 1. The molecule has 1 aliphatic heterocycles. The summed E-state index contributed by atoms with van der Waals surface area (Å²) in [6.45, 7) is 6.07. The van der Waals surface area contributed by atoms with Gasteiger partial charge in [0.2, 0.25) is 0 Å². The van der Waals surface area contributed by atoms with Crippen LogP contribution in [0.3, 0.4) is 0 Å². The van der Waals surface area contributed by atoms with Crippen molar-refractivity contribution in [2.75, 3.05) is 19.3 Å². The first-order valence-electron chi connectivity index (χ1n) is 6.26. The van der Waals surface area contributed by atoms with Gasteiger partial charge in [0.25, 0.3) is 5.56 Å². The molecule has 0 saturated heterocycles. The topological polar surface area (TPSA) is 51.3 Å². The van der Waals surface area contributed by atoms with Crippen LogP contribution in [0.25, 0.3) is 0 Å². The molecule has 2 rings (SSSR count). The Morgan fingerprint density at radius 2 is 2.24 bits per heavy atom. The van der Waals surface area contributed by atoms with E-state index in [9.17, 15) is 4.79 Å². The maximum absolute atomic E-state index is 12.1. The summed E-state index contributed by atoms with van der Waals surface area (Å²) >= 11 is 0. The van der Waals surface area contributed by atoms with Gasteiger partial charge in [-0.25, -0.2) is 0 Å². The van der Waals surface area contributed by atoms with Crippen molar-refractivity contribution in [2.45, 2.75) is 39.3 Å². The van der Waals surface area contributed by atoms with Crippen LogP contribution in [0.4, 0.5) is 5.69 Å². The Balaban J connectivity index is 2.60. The molecule has 94 valence electrons. The van der Waals surface area contributed by atoms with Gasteiger partial charge < -0.3 is 15.2 Å². The van der Waals surface area contributed by atoms with Crippen molar-refractivity contribution in [1.82, 2.24) is 9.47 Å². The number of rotatable bonds is 2. The third-order valence-electron chi connectivity index (χ3n) is 3.66. The highest BCUT2D eigenvalue weighted by molar-refractivity contribution is 5.42. The number of nitrogen functional groups attached to an aromatic ring is 1. The summed E-state index contributed by atoms with van der Waals surface area (Å²) in [7, 11) is 2.10. The number of nitrogens with zero attached hydrogens (tertiary/aromatic N) is 2. The molecule has 1 aliphatic rings. The van der Waals surface area contributed by atoms with Gasteiger partial charge in [0.15, 0.2) is 0 Å². The van der Waals surface area contributed by atoms with Crippen molar-refractivity contribution >= 4 is 5.69 Å². The van der Waals surface area contributed by atoms with E-state index in [2.05, 4.69) is 25.8 Å². The summed E-state index contributed by atoms with van der Waals surface area (Å²) in [5, 5.41) is 0. The number of aromatic nitrogens is 1. The smallest absolute Gasteiger partial charge is 0.274 e. The second kappa shape index (κ2) is 4.53. The van der Waals surface area contributed by atoms with Crippen molar-refractivity contribution in [1.29, 1.82) is 0 Å². The van der Waals surface area contributed by atoms with Crippen LogP contribution < -0.4 is 11.3 Å². The molecule has 0 amide bonds. The minimum atomic E-state index is -0.0253. The highest BCUT2D eigenvalue weighted by Crippen LogP contribution is 2.22. The van der Waals surface area contributed by atoms with E-state index < -0.39 is 0 Å². The highest BCUT2D eigenvalue weighted by Gasteiger charge is 2.21. The summed E-state index contributed by atoms with van der Waals surface area (Å²) < 4.78 is 1.90. The predicted octanol–water partition coefficient (Wildman–Crippen LogP) is 1.39. The van der Waals surface area contributed by atoms with Gasteiger partial charge in [-0.05, 0) is 32.0 Å². The number of hydrogen-bond acceptors (Lipinski definition) is 3. The molecule has 1 aromatic rings. The minimum Gasteiger partial charge on any atom is -0.394 e. The van der Waals surface area contributed by atoms with E-state index in [-0.39, 0.29) is 11.6 Å². The second-order valence-electron chi connectivity index (χ2n) is 4.99. The number of fused-ring (bicyclic) bond motifs is 1. The molecule has 2 heterocycles. The fourth-order valence-corrected chi connectivity index (χ4v) is 2.48. The Morgan fingerprint density at radius 1 is 1.53 bits per heavy atom. The van der Waals surface area contributed by atoms with E-state index in [0.29, 0.717) is 5.69 Å². The Morgan fingerprint density at radius 3 is 2.88 bits per heavy atom. The molecule has 2 N–H and O–H groups in total. The van der Waals surface area contributed by atoms with Gasteiger partial charge in [-0.1, -0.05) is 6.92 Å². The van der Waals surface area contributed by atoms with E-state index in [4.69, 9.17) is 5.73 Å². The number of anilines is 1. The lowest BCUT2D eigenvalue weighted by Gasteiger charge is -2.29. The molecule has 1 atom stereocenters. The summed E-state index contributed by atoms with van der Waals surface area (Å²) in [5.74, 6) is 0. The van der Waals surface area contributed by atoms with Crippen molar-refractivity contribution in [3.63, 3.8) is 0 Å².